The SMILES string of the molecule is C=C(CO)C[C@@H]1C[C@H](O)[C@@H]2O[C@@H]3C[C@]4(C)O[C@@H]5CC[C@@H]6O[C@@H]7C/C=C\[C@@H]8O[C@@H]9C[C@H](C)C[C@H](O)[C@@H](CC(=O)O)O[C@H]9C[C@H]8O[C@H]7C/C=C\C[C@H]6O[C@@]5(C)CC[C@H]4O[C@H]3C[C@H]2O1. The number of fused-ring (bicyclic) bond motifs is 8. The molecule has 0 aliphatic carbocycles. The lowest BCUT2D eigenvalue weighted by atomic mass is 9.80. The van der Waals surface area contributed by atoms with Gasteiger partial charge in [-0.25, -0.2) is 0 Å². The van der Waals surface area contributed by atoms with Gasteiger partial charge in [0, 0.05) is 25.7 Å². The highest BCUT2D eigenvalue weighted by atomic mass is 16.6. The van der Waals surface area contributed by atoms with E-state index in [-0.39, 0.29) is 98.3 Å². The fraction of sp³-hybridized carbons (Fsp3) is 0.851. The zero-order chi connectivity index (χ0) is 42.6. The van der Waals surface area contributed by atoms with E-state index < -0.39 is 47.7 Å². The minimum Gasteiger partial charge on any atom is -0.481 e. The molecule has 14 heteroatoms. The van der Waals surface area contributed by atoms with E-state index >= 15 is 0 Å². The van der Waals surface area contributed by atoms with E-state index in [4.69, 9.17) is 42.6 Å². The molecule has 0 unspecified atom stereocenters. The Morgan fingerprint density at radius 2 is 1.38 bits per heavy atom. The summed E-state index contributed by atoms with van der Waals surface area (Å²) in [5.74, 6) is -0.846. The highest BCUT2D eigenvalue weighted by Crippen LogP contribution is 2.50. The molecule has 4 N–H and O–H groups in total. The molecule has 0 radical (unpaired) electrons. The van der Waals surface area contributed by atoms with Gasteiger partial charge in [0.2, 0.25) is 0 Å². The maximum Gasteiger partial charge on any atom is 0.306 e. The Morgan fingerprint density at radius 3 is 2.16 bits per heavy atom. The zero-order valence-electron chi connectivity index (χ0n) is 36.2. The average molecular weight is 859 g/mol. The largest absolute Gasteiger partial charge is 0.481 e. The number of carbonyl (C=O) groups is 1. The van der Waals surface area contributed by atoms with Crippen molar-refractivity contribution in [2.45, 2.75) is 238 Å². The number of carboxylic acid groups (broad SMARTS) is 1. The molecule has 9 aliphatic rings. The van der Waals surface area contributed by atoms with Crippen LogP contribution >= 0.6 is 0 Å². The molecule has 9 aliphatic heterocycles. The van der Waals surface area contributed by atoms with Crippen molar-refractivity contribution in [2.24, 2.45) is 5.92 Å². The molecule has 342 valence electrons. The van der Waals surface area contributed by atoms with E-state index in [1.165, 1.54) is 0 Å². The number of aliphatic hydroxyl groups excluding tert-OH is 3. The summed E-state index contributed by atoms with van der Waals surface area (Å²) >= 11 is 0. The third kappa shape index (κ3) is 9.49. The molecule has 7 fully saturated rings. The van der Waals surface area contributed by atoms with E-state index in [2.05, 4.69) is 51.7 Å². The third-order valence-corrected chi connectivity index (χ3v) is 15.5. The lowest BCUT2D eigenvalue weighted by Crippen LogP contribution is -2.64. The Balaban J connectivity index is 0.868. The Kier molecular flexibility index (Phi) is 13.3. The highest BCUT2D eigenvalue weighted by molar-refractivity contribution is 5.67. The van der Waals surface area contributed by atoms with Crippen molar-refractivity contribution in [2.75, 3.05) is 6.61 Å². The van der Waals surface area contributed by atoms with E-state index in [0.29, 0.717) is 63.4 Å². The smallest absolute Gasteiger partial charge is 0.306 e. The monoisotopic (exact) mass is 858 g/mol. The number of hydrogen-bond acceptors (Lipinski definition) is 13. The van der Waals surface area contributed by atoms with Gasteiger partial charge in [-0.1, -0.05) is 37.8 Å². The molecular weight excluding hydrogens is 789 g/mol. The first kappa shape index (κ1) is 44.4. The summed E-state index contributed by atoms with van der Waals surface area (Å²) in [5, 5.41) is 41.2. The van der Waals surface area contributed by atoms with E-state index in [1.54, 1.807) is 0 Å². The summed E-state index contributed by atoms with van der Waals surface area (Å²) in [6.07, 6.45) is 11.3. The summed E-state index contributed by atoms with van der Waals surface area (Å²) in [6.45, 7) is 10.3. The maximum absolute atomic E-state index is 11.7. The fourth-order valence-corrected chi connectivity index (χ4v) is 12.2. The predicted molar refractivity (Wildman–Crippen MR) is 220 cm³/mol. The van der Waals surface area contributed by atoms with Gasteiger partial charge >= 0.3 is 5.97 Å². The van der Waals surface area contributed by atoms with Crippen molar-refractivity contribution in [3.8, 4) is 0 Å². The van der Waals surface area contributed by atoms with Gasteiger partial charge in [0.25, 0.3) is 0 Å². The van der Waals surface area contributed by atoms with E-state index in [9.17, 15) is 25.2 Å². The summed E-state index contributed by atoms with van der Waals surface area (Å²) in [7, 11) is 0. The Hall–Kier alpha value is -1.79. The van der Waals surface area contributed by atoms with Crippen LogP contribution in [0.4, 0.5) is 0 Å². The minimum atomic E-state index is -0.997. The molecule has 0 amide bonds. The van der Waals surface area contributed by atoms with Crippen LogP contribution in [0.25, 0.3) is 0 Å². The van der Waals surface area contributed by atoms with E-state index in [1.807, 2.05) is 0 Å². The molecule has 21 atom stereocenters. The summed E-state index contributed by atoms with van der Waals surface area (Å²) in [6, 6.07) is 0. The van der Waals surface area contributed by atoms with Crippen molar-refractivity contribution < 1.29 is 67.9 Å². The van der Waals surface area contributed by atoms with Crippen LogP contribution < -0.4 is 0 Å². The van der Waals surface area contributed by atoms with Crippen molar-refractivity contribution in [3.05, 3.63) is 36.5 Å². The van der Waals surface area contributed by atoms with Crippen LogP contribution in [0, 0.1) is 5.92 Å². The van der Waals surface area contributed by atoms with Gasteiger partial charge < -0.3 is 63.1 Å². The van der Waals surface area contributed by atoms with Crippen LogP contribution in [0.3, 0.4) is 0 Å². The number of aliphatic carboxylic acids is 1. The summed E-state index contributed by atoms with van der Waals surface area (Å²) in [5.41, 5.74) is -0.496. The predicted octanol–water partition coefficient (Wildman–Crippen LogP) is 4.63. The second-order valence-corrected chi connectivity index (χ2v) is 20.3. The van der Waals surface area contributed by atoms with Crippen LogP contribution in [0.15, 0.2) is 36.5 Å². The molecule has 9 heterocycles. The molecule has 14 nitrogen and oxygen atoms in total. The summed E-state index contributed by atoms with van der Waals surface area (Å²) < 4.78 is 61.6. The molecule has 0 aromatic heterocycles. The molecule has 0 aromatic rings. The minimum absolute atomic E-state index is 0.0975. The van der Waals surface area contributed by atoms with Crippen molar-refractivity contribution in [1.82, 2.24) is 0 Å². The van der Waals surface area contributed by atoms with Crippen LogP contribution in [-0.2, 0) is 47.4 Å². The standard InChI is InChI=1S/C47H70O14/c1-25-17-28(49)35(22-44(51)52)57-38-20-37-32(56-36(38)18-25)11-7-10-31-30(55-37)8-5-6-9-34-33(54-31)12-13-43-46(3,60-34)15-14-42-47(4,61-43)23-41-39(58-42)21-40-45(59-41)29(50)19-27(53-40)16-26(2)24-48/h5-7,11,25,27-43,45,48-50H,2,8-10,12-24H2,1,3-4H3,(H,51,52)/b6-5-,11-7-/t25-,27-,28+,29+,30+,31-,32+,33+,34-,35-,36-,37-,38+,39+,40-,41-,42-,43-,45+,46+,47+/m1/s1. The van der Waals surface area contributed by atoms with Crippen LogP contribution in [-0.4, -0.2) is 154 Å². The topological polar surface area (TPSA) is 181 Å². The van der Waals surface area contributed by atoms with Crippen molar-refractivity contribution in [1.29, 1.82) is 0 Å². The molecule has 9 rings (SSSR count). The lowest BCUT2D eigenvalue weighted by Gasteiger charge is -2.54. The van der Waals surface area contributed by atoms with E-state index in [0.717, 1.165) is 32.1 Å². The average Bonchev–Trinajstić information content (AvgIpc) is 3.34. The Labute approximate surface area is 360 Å². The number of hydrogen-bond donors (Lipinski definition) is 4. The van der Waals surface area contributed by atoms with Crippen molar-refractivity contribution in [3.63, 3.8) is 0 Å². The van der Waals surface area contributed by atoms with Gasteiger partial charge in [-0.3, -0.25) is 4.79 Å². The van der Waals surface area contributed by atoms with Crippen molar-refractivity contribution >= 4 is 5.97 Å². The lowest BCUT2D eigenvalue weighted by molar-refractivity contribution is -0.311. The molecule has 61 heavy (non-hydrogen) atoms. The Bertz CT molecular complexity index is 1620. The third-order valence-electron chi connectivity index (χ3n) is 15.5. The van der Waals surface area contributed by atoms with Gasteiger partial charge in [-0.05, 0) is 89.5 Å². The number of ether oxygens (including phenoxy) is 9. The molecular formula is C47H70O14. The van der Waals surface area contributed by atoms with Crippen LogP contribution in [0.5, 0.6) is 0 Å². The number of carboxylic acids is 1. The number of aliphatic hydroxyl groups is 3. The highest BCUT2D eigenvalue weighted by Gasteiger charge is 2.58. The first-order chi connectivity index (χ1) is 29.3. The zero-order valence-corrected chi connectivity index (χ0v) is 36.2. The van der Waals surface area contributed by atoms with Gasteiger partial charge in [0.1, 0.15) is 12.2 Å². The van der Waals surface area contributed by atoms with Gasteiger partial charge in [-0.15, -0.1) is 0 Å². The fourth-order valence-electron chi connectivity index (χ4n) is 12.2. The molecule has 0 spiro atoms. The maximum atomic E-state index is 11.7. The summed E-state index contributed by atoms with van der Waals surface area (Å²) in [4.78, 5) is 11.7. The molecule has 0 saturated carbocycles. The first-order valence-electron chi connectivity index (χ1n) is 23.4. The quantitative estimate of drug-likeness (QED) is 0.281. The second-order valence-electron chi connectivity index (χ2n) is 20.3. The number of rotatable bonds is 5. The molecule has 0 aromatic carbocycles. The van der Waals surface area contributed by atoms with Gasteiger partial charge in [0.15, 0.2) is 0 Å². The van der Waals surface area contributed by atoms with Gasteiger partial charge in [-0.2, -0.15) is 0 Å². The van der Waals surface area contributed by atoms with Gasteiger partial charge in [0.05, 0.1) is 122 Å². The first-order valence-corrected chi connectivity index (χ1v) is 23.4. The van der Waals surface area contributed by atoms with Crippen LogP contribution in [0.1, 0.15) is 117 Å². The Morgan fingerprint density at radius 1 is 0.656 bits per heavy atom. The molecule has 7 saturated heterocycles. The van der Waals surface area contributed by atoms with Crippen LogP contribution in [0.2, 0.25) is 0 Å². The second kappa shape index (κ2) is 18.2. The molecule has 0 bridgehead atoms. The normalized spacial score (nSPS) is 52.3.